The fourth-order valence-corrected chi connectivity index (χ4v) is 1.47. The summed E-state index contributed by atoms with van der Waals surface area (Å²) in [6.07, 6.45) is 0.897. The van der Waals surface area contributed by atoms with Gasteiger partial charge in [0, 0.05) is 24.0 Å². The molecule has 1 aromatic rings. The molecule has 1 atom stereocenters. The molecule has 1 N–H and O–H groups in total. The Hall–Kier alpha value is -0.970. The summed E-state index contributed by atoms with van der Waals surface area (Å²) < 4.78 is 0. The number of halogens is 1. The molecular formula is C13H16ClN. The number of hydrogen-bond acceptors (Lipinski definition) is 1. The molecule has 1 aromatic carbocycles. The molecule has 0 saturated heterocycles. The van der Waals surface area contributed by atoms with Crippen molar-refractivity contribution in [3.05, 3.63) is 34.9 Å². The molecule has 0 spiro atoms. The highest BCUT2D eigenvalue weighted by molar-refractivity contribution is 6.30. The highest BCUT2D eigenvalue weighted by atomic mass is 35.5. The lowest BCUT2D eigenvalue weighted by Gasteiger charge is -2.13. The molecule has 0 heterocycles. The van der Waals surface area contributed by atoms with E-state index in [0.29, 0.717) is 6.04 Å². The zero-order valence-electron chi connectivity index (χ0n) is 9.18. The fourth-order valence-electron chi connectivity index (χ4n) is 1.35. The normalized spacial score (nSPS) is 11.7. The number of hydrogen-bond donors (Lipinski definition) is 1. The van der Waals surface area contributed by atoms with E-state index < -0.39 is 0 Å². The zero-order chi connectivity index (χ0) is 11.1. The minimum Gasteiger partial charge on any atom is -0.309 e. The van der Waals surface area contributed by atoms with Crippen molar-refractivity contribution < 1.29 is 0 Å². The van der Waals surface area contributed by atoms with Crippen LogP contribution in [0.2, 0.25) is 5.02 Å². The molecule has 1 nitrogen and oxygen atoms in total. The van der Waals surface area contributed by atoms with Gasteiger partial charge in [0.25, 0.3) is 0 Å². The van der Waals surface area contributed by atoms with Gasteiger partial charge in [0.05, 0.1) is 0 Å². The molecule has 2 heteroatoms. The summed E-state index contributed by atoms with van der Waals surface area (Å²) >= 11 is 5.82. The molecule has 0 amide bonds. The van der Waals surface area contributed by atoms with E-state index in [0.717, 1.165) is 18.0 Å². The average Bonchev–Trinajstić information content (AvgIpc) is 2.25. The maximum atomic E-state index is 5.82. The first-order valence-electron chi connectivity index (χ1n) is 5.12. The molecule has 80 valence electrons. The van der Waals surface area contributed by atoms with Gasteiger partial charge in [-0.1, -0.05) is 23.7 Å². The van der Waals surface area contributed by atoms with E-state index in [1.54, 1.807) is 0 Å². The molecule has 0 radical (unpaired) electrons. The second-order valence-electron chi connectivity index (χ2n) is 3.40. The lowest BCUT2D eigenvalue weighted by Crippen LogP contribution is -2.19. The molecule has 0 aromatic heterocycles. The Morgan fingerprint density at radius 2 is 2.00 bits per heavy atom. The van der Waals surface area contributed by atoms with Crippen LogP contribution in [-0.2, 0) is 0 Å². The lowest BCUT2D eigenvalue weighted by molar-refractivity contribution is 0.584. The molecular weight excluding hydrogens is 206 g/mol. The van der Waals surface area contributed by atoms with Crippen molar-refractivity contribution in [3.8, 4) is 11.8 Å². The van der Waals surface area contributed by atoms with Gasteiger partial charge in [0.15, 0.2) is 0 Å². The van der Waals surface area contributed by atoms with E-state index in [1.165, 1.54) is 5.56 Å². The van der Waals surface area contributed by atoms with Gasteiger partial charge >= 0.3 is 0 Å². The summed E-state index contributed by atoms with van der Waals surface area (Å²) in [4.78, 5) is 0. The summed E-state index contributed by atoms with van der Waals surface area (Å²) in [6.45, 7) is 4.93. The Morgan fingerprint density at radius 3 is 2.60 bits per heavy atom. The molecule has 0 aliphatic rings. The summed E-state index contributed by atoms with van der Waals surface area (Å²) in [5.41, 5.74) is 1.25. The maximum Gasteiger partial charge on any atom is 0.0406 e. The third kappa shape index (κ3) is 4.38. The molecule has 0 aliphatic carbocycles. The number of rotatable bonds is 4. The predicted octanol–water partition coefficient (Wildman–Crippen LogP) is 3.40. The van der Waals surface area contributed by atoms with Gasteiger partial charge in [0.1, 0.15) is 0 Å². The molecule has 0 saturated carbocycles. The van der Waals surface area contributed by atoms with Crippen LogP contribution in [0.4, 0.5) is 0 Å². The van der Waals surface area contributed by atoms with Crippen LogP contribution in [0.25, 0.3) is 0 Å². The van der Waals surface area contributed by atoms with Gasteiger partial charge in [-0.25, -0.2) is 0 Å². The largest absolute Gasteiger partial charge is 0.309 e. The predicted molar refractivity (Wildman–Crippen MR) is 65.9 cm³/mol. The summed E-state index contributed by atoms with van der Waals surface area (Å²) in [5.74, 6) is 5.91. The number of nitrogens with one attached hydrogen (secondary N) is 1. The van der Waals surface area contributed by atoms with Gasteiger partial charge in [0.2, 0.25) is 0 Å². The highest BCUT2D eigenvalue weighted by Gasteiger charge is 2.02. The van der Waals surface area contributed by atoms with Crippen molar-refractivity contribution >= 4 is 11.6 Å². The minimum absolute atomic E-state index is 0.348. The molecule has 1 rings (SSSR count). The number of benzene rings is 1. The van der Waals surface area contributed by atoms with E-state index >= 15 is 0 Å². The van der Waals surface area contributed by atoms with Crippen LogP contribution >= 0.6 is 11.6 Å². The maximum absolute atomic E-state index is 5.82. The van der Waals surface area contributed by atoms with Crippen LogP contribution in [-0.4, -0.2) is 6.54 Å². The lowest BCUT2D eigenvalue weighted by atomic mass is 10.1. The SMILES string of the molecule is CC#CCCNC(C)c1ccc(Cl)cc1. The molecule has 0 bridgehead atoms. The Kier molecular flexibility index (Phi) is 5.25. The van der Waals surface area contributed by atoms with Crippen LogP contribution < -0.4 is 5.32 Å². The first kappa shape index (κ1) is 12.1. The van der Waals surface area contributed by atoms with E-state index in [2.05, 4.69) is 24.1 Å². The van der Waals surface area contributed by atoms with Gasteiger partial charge in [-0.2, -0.15) is 0 Å². The highest BCUT2D eigenvalue weighted by Crippen LogP contribution is 2.15. The van der Waals surface area contributed by atoms with Crippen molar-refractivity contribution in [1.82, 2.24) is 5.32 Å². The summed E-state index contributed by atoms with van der Waals surface area (Å²) in [6, 6.07) is 8.28. The summed E-state index contributed by atoms with van der Waals surface area (Å²) in [5, 5.41) is 4.19. The van der Waals surface area contributed by atoms with Crippen LogP contribution in [0, 0.1) is 11.8 Å². The van der Waals surface area contributed by atoms with Crippen molar-refractivity contribution in [2.75, 3.05) is 6.54 Å². The molecule has 0 fully saturated rings. The van der Waals surface area contributed by atoms with Crippen molar-refractivity contribution in [2.24, 2.45) is 0 Å². The standard InChI is InChI=1S/C13H16ClN/c1-3-4-5-10-15-11(2)12-6-8-13(14)9-7-12/h6-9,11,15H,5,10H2,1-2H3. The quantitative estimate of drug-likeness (QED) is 0.607. The van der Waals surface area contributed by atoms with Gasteiger partial charge in [-0.05, 0) is 31.5 Å². The summed E-state index contributed by atoms with van der Waals surface area (Å²) in [7, 11) is 0. The van der Waals surface area contributed by atoms with E-state index in [-0.39, 0.29) is 0 Å². The Labute approximate surface area is 96.8 Å². The Morgan fingerprint density at radius 1 is 1.33 bits per heavy atom. The van der Waals surface area contributed by atoms with E-state index in [4.69, 9.17) is 11.6 Å². The fraction of sp³-hybridized carbons (Fsp3) is 0.385. The Balaban J connectivity index is 2.41. The van der Waals surface area contributed by atoms with Crippen LogP contribution in [0.5, 0.6) is 0 Å². The van der Waals surface area contributed by atoms with Crippen LogP contribution in [0.15, 0.2) is 24.3 Å². The third-order valence-electron chi connectivity index (χ3n) is 2.25. The topological polar surface area (TPSA) is 12.0 Å². The third-order valence-corrected chi connectivity index (χ3v) is 2.50. The second-order valence-corrected chi connectivity index (χ2v) is 3.84. The van der Waals surface area contributed by atoms with Gasteiger partial charge in [-0.3, -0.25) is 0 Å². The minimum atomic E-state index is 0.348. The average molecular weight is 222 g/mol. The van der Waals surface area contributed by atoms with Crippen LogP contribution in [0.3, 0.4) is 0 Å². The van der Waals surface area contributed by atoms with Gasteiger partial charge in [-0.15, -0.1) is 11.8 Å². The van der Waals surface area contributed by atoms with Crippen molar-refractivity contribution in [1.29, 1.82) is 0 Å². The second kappa shape index (κ2) is 6.50. The zero-order valence-corrected chi connectivity index (χ0v) is 9.93. The first-order chi connectivity index (χ1) is 7.24. The monoisotopic (exact) mass is 221 g/mol. The molecule has 0 aliphatic heterocycles. The van der Waals surface area contributed by atoms with Gasteiger partial charge < -0.3 is 5.32 Å². The smallest absolute Gasteiger partial charge is 0.0406 e. The molecule has 15 heavy (non-hydrogen) atoms. The van der Waals surface area contributed by atoms with Crippen LogP contribution in [0.1, 0.15) is 31.9 Å². The van der Waals surface area contributed by atoms with E-state index in [1.807, 2.05) is 31.2 Å². The first-order valence-corrected chi connectivity index (χ1v) is 5.50. The molecule has 1 unspecified atom stereocenters. The van der Waals surface area contributed by atoms with E-state index in [9.17, 15) is 0 Å². The Bertz CT molecular complexity index is 345. The van der Waals surface area contributed by atoms with Crippen molar-refractivity contribution in [3.63, 3.8) is 0 Å². The van der Waals surface area contributed by atoms with Crippen molar-refractivity contribution in [2.45, 2.75) is 26.3 Å².